The van der Waals surface area contributed by atoms with Gasteiger partial charge in [0.2, 0.25) is 11.8 Å². The van der Waals surface area contributed by atoms with Gasteiger partial charge < -0.3 is 11.1 Å². The molecule has 7 nitrogen and oxygen atoms in total. The molecule has 0 unspecified atom stereocenters. The summed E-state index contributed by atoms with van der Waals surface area (Å²) in [5.74, 6) is -0.614. The molecule has 2 amide bonds. The molecule has 0 radical (unpaired) electrons. The van der Waals surface area contributed by atoms with Crippen LogP contribution < -0.4 is 11.1 Å². The Labute approximate surface area is 154 Å². The fourth-order valence-electron chi connectivity index (χ4n) is 3.43. The molecule has 144 valence electrons. The summed E-state index contributed by atoms with van der Waals surface area (Å²) in [6.07, 6.45) is 4.01. The lowest BCUT2D eigenvalue weighted by Crippen LogP contribution is -2.35. The third kappa shape index (κ3) is 5.81. The highest BCUT2D eigenvalue weighted by molar-refractivity contribution is 7.86. The van der Waals surface area contributed by atoms with Gasteiger partial charge in [0.15, 0.2) is 0 Å². The van der Waals surface area contributed by atoms with E-state index < -0.39 is 16.0 Å². The van der Waals surface area contributed by atoms with Gasteiger partial charge in [-0.2, -0.15) is 8.42 Å². The zero-order valence-corrected chi connectivity index (χ0v) is 15.8. The van der Waals surface area contributed by atoms with Crippen LogP contribution in [0.25, 0.3) is 0 Å². The molecule has 0 atom stereocenters. The topological polar surface area (TPSA) is 116 Å². The van der Waals surface area contributed by atoms with Crippen molar-refractivity contribution in [2.45, 2.75) is 50.3 Å². The Morgan fingerprint density at radius 1 is 1.15 bits per heavy atom. The molecule has 1 aliphatic carbocycles. The van der Waals surface area contributed by atoms with Gasteiger partial charge in [-0.25, -0.2) is 0 Å². The molecule has 0 aliphatic heterocycles. The molecule has 0 saturated heterocycles. The maximum Gasteiger partial charge on any atom is 0.297 e. The summed E-state index contributed by atoms with van der Waals surface area (Å²) in [6.45, 7) is 1.80. The summed E-state index contributed by atoms with van der Waals surface area (Å²) in [4.78, 5) is 23.5. The number of aryl methyl sites for hydroxylation is 1. The minimum absolute atomic E-state index is 0.0799. The number of hydrogen-bond donors (Lipinski definition) is 2. The standard InChI is InChI=1S/C18H26N2O5S/c1-14-4-6-15(7-5-14)26(23,24)25-11-10-20-17(22)13-18(12-16(19)21)8-2-3-9-18/h4-7H,2-3,8-13H2,1H3,(H2,19,21)(H,20,22). The smallest absolute Gasteiger partial charge is 0.297 e. The van der Waals surface area contributed by atoms with Gasteiger partial charge in [-0.15, -0.1) is 0 Å². The van der Waals surface area contributed by atoms with Crippen LogP contribution >= 0.6 is 0 Å². The van der Waals surface area contributed by atoms with E-state index in [1.807, 2.05) is 6.92 Å². The molecule has 1 aromatic carbocycles. The number of carbonyl (C=O) groups is 2. The fraction of sp³-hybridized carbons (Fsp3) is 0.556. The van der Waals surface area contributed by atoms with E-state index in [4.69, 9.17) is 9.92 Å². The average molecular weight is 382 g/mol. The largest absolute Gasteiger partial charge is 0.370 e. The minimum atomic E-state index is -3.84. The molecular weight excluding hydrogens is 356 g/mol. The number of hydrogen-bond acceptors (Lipinski definition) is 5. The van der Waals surface area contributed by atoms with Crippen LogP contribution in [-0.4, -0.2) is 33.4 Å². The molecule has 0 spiro atoms. The first-order valence-electron chi connectivity index (χ1n) is 8.74. The Morgan fingerprint density at radius 3 is 2.35 bits per heavy atom. The van der Waals surface area contributed by atoms with Gasteiger partial charge in [0.1, 0.15) is 0 Å². The maximum absolute atomic E-state index is 12.1. The second kappa shape index (κ2) is 8.64. The number of rotatable bonds is 9. The van der Waals surface area contributed by atoms with Crippen molar-refractivity contribution in [3.63, 3.8) is 0 Å². The van der Waals surface area contributed by atoms with Crippen LogP contribution in [0.3, 0.4) is 0 Å². The molecule has 2 rings (SSSR count). The molecule has 0 bridgehead atoms. The third-order valence-electron chi connectivity index (χ3n) is 4.72. The molecular formula is C18H26N2O5S. The minimum Gasteiger partial charge on any atom is -0.370 e. The Bertz CT molecular complexity index is 737. The van der Waals surface area contributed by atoms with Crippen molar-refractivity contribution < 1.29 is 22.2 Å². The zero-order chi connectivity index (χ0) is 19.2. The molecule has 1 aliphatic rings. The first kappa shape index (κ1) is 20.4. The van der Waals surface area contributed by atoms with Crippen molar-refractivity contribution in [3.05, 3.63) is 29.8 Å². The van der Waals surface area contributed by atoms with Crippen LogP contribution in [-0.2, 0) is 23.9 Å². The van der Waals surface area contributed by atoms with Crippen LogP contribution in [0.4, 0.5) is 0 Å². The highest BCUT2D eigenvalue weighted by Crippen LogP contribution is 2.43. The Hall–Kier alpha value is -1.93. The second-order valence-corrected chi connectivity index (χ2v) is 8.58. The van der Waals surface area contributed by atoms with Crippen LogP contribution in [0.15, 0.2) is 29.2 Å². The van der Waals surface area contributed by atoms with Gasteiger partial charge in [-0.05, 0) is 37.3 Å². The highest BCUT2D eigenvalue weighted by atomic mass is 32.2. The lowest BCUT2D eigenvalue weighted by atomic mass is 9.79. The van der Waals surface area contributed by atoms with Crippen molar-refractivity contribution in [2.24, 2.45) is 11.1 Å². The SMILES string of the molecule is Cc1ccc(S(=O)(=O)OCCNC(=O)CC2(CC(N)=O)CCCC2)cc1. The number of nitrogens with two attached hydrogens (primary N) is 1. The molecule has 0 aromatic heterocycles. The number of nitrogens with one attached hydrogen (secondary N) is 1. The number of benzene rings is 1. The second-order valence-electron chi connectivity index (χ2n) is 6.97. The first-order chi connectivity index (χ1) is 12.2. The summed E-state index contributed by atoms with van der Waals surface area (Å²) in [5.41, 5.74) is 5.91. The molecule has 1 aromatic rings. The fourth-order valence-corrected chi connectivity index (χ4v) is 4.34. The van der Waals surface area contributed by atoms with E-state index in [1.165, 1.54) is 12.1 Å². The quantitative estimate of drug-likeness (QED) is 0.498. The van der Waals surface area contributed by atoms with E-state index in [9.17, 15) is 18.0 Å². The van der Waals surface area contributed by atoms with E-state index >= 15 is 0 Å². The van der Waals surface area contributed by atoms with Crippen molar-refractivity contribution in [2.75, 3.05) is 13.2 Å². The van der Waals surface area contributed by atoms with Crippen molar-refractivity contribution in [1.29, 1.82) is 0 Å². The van der Waals surface area contributed by atoms with Gasteiger partial charge in [0.05, 0.1) is 11.5 Å². The lowest BCUT2D eigenvalue weighted by molar-refractivity contribution is -0.125. The zero-order valence-electron chi connectivity index (χ0n) is 15.0. The van der Waals surface area contributed by atoms with Gasteiger partial charge in [-0.1, -0.05) is 30.5 Å². The predicted octanol–water partition coefficient (Wildman–Crippen LogP) is 1.64. The summed E-state index contributed by atoms with van der Waals surface area (Å²) in [5, 5.41) is 2.66. The van der Waals surface area contributed by atoms with E-state index in [-0.39, 0.29) is 42.2 Å². The van der Waals surface area contributed by atoms with Crippen LogP contribution in [0, 0.1) is 12.3 Å². The Morgan fingerprint density at radius 2 is 1.77 bits per heavy atom. The molecule has 0 heterocycles. The summed E-state index contributed by atoms with van der Waals surface area (Å²) in [7, 11) is -3.84. The predicted molar refractivity (Wildman–Crippen MR) is 96.7 cm³/mol. The van der Waals surface area contributed by atoms with Gasteiger partial charge in [0, 0.05) is 19.4 Å². The monoisotopic (exact) mass is 382 g/mol. The van der Waals surface area contributed by atoms with Gasteiger partial charge >= 0.3 is 0 Å². The van der Waals surface area contributed by atoms with Gasteiger partial charge in [-0.3, -0.25) is 13.8 Å². The van der Waals surface area contributed by atoms with Crippen molar-refractivity contribution in [3.8, 4) is 0 Å². The Balaban J connectivity index is 1.79. The molecule has 26 heavy (non-hydrogen) atoms. The lowest BCUT2D eigenvalue weighted by Gasteiger charge is -2.26. The van der Waals surface area contributed by atoms with Crippen LogP contribution in [0.5, 0.6) is 0 Å². The van der Waals surface area contributed by atoms with E-state index in [1.54, 1.807) is 12.1 Å². The van der Waals surface area contributed by atoms with Crippen molar-refractivity contribution >= 4 is 21.9 Å². The number of primary amides is 1. The first-order valence-corrected chi connectivity index (χ1v) is 10.1. The molecule has 3 N–H and O–H groups in total. The van der Waals surface area contributed by atoms with E-state index in [0.717, 1.165) is 31.2 Å². The van der Waals surface area contributed by atoms with Crippen molar-refractivity contribution in [1.82, 2.24) is 5.32 Å². The highest BCUT2D eigenvalue weighted by Gasteiger charge is 2.37. The molecule has 1 saturated carbocycles. The molecule has 1 fully saturated rings. The Kier molecular flexibility index (Phi) is 6.77. The third-order valence-corrected chi connectivity index (χ3v) is 6.05. The van der Waals surface area contributed by atoms with E-state index in [0.29, 0.717) is 0 Å². The summed E-state index contributed by atoms with van der Waals surface area (Å²) in [6, 6.07) is 6.35. The van der Waals surface area contributed by atoms with Crippen LogP contribution in [0.1, 0.15) is 44.1 Å². The van der Waals surface area contributed by atoms with Gasteiger partial charge in [0.25, 0.3) is 10.1 Å². The summed E-state index contributed by atoms with van der Waals surface area (Å²) >= 11 is 0. The number of carbonyl (C=O) groups excluding carboxylic acids is 2. The van der Waals surface area contributed by atoms with E-state index in [2.05, 4.69) is 5.32 Å². The average Bonchev–Trinajstić information content (AvgIpc) is 2.99. The number of amides is 2. The maximum atomic E-state index is 12.1. The molecule has 8 heteroatoms. The normalized spacial score (nSPS) is 16.3. The summed E-state index contributed by atoms with van der Waals surface area (Å²) < 4.78 is 29.1. The van der Waals surface area contributed by atoms with Crippen LogP contribution in [0.2, 0.25) is 0 Å².